The van der Waals surface area contributed by atoms with Crippen molar-refractivity contribution in [2.24, 2.45) is 23.5 Å². The van der Waals surface area contributed by atoms with Gasteiger partial charge in [-0.25, -0.2) is 0 Å². The van der Waals surface area contributed by atoms with Gasteiger partial charge >= 0.3 is 11.9 Å². The molecule has 2 aliphatic rings. The molecule has 0 aromatic heterocycles. The van der Waals surface area contributed by atoms with Gasteiger partial charge in [-0.15, -0.1) is 0 Å². The van der Waals surface area contributed by atoms with Gasteiger partial charge in [-0.3, -0.25) is 9.59 Å². The third-order valence-corrected chi connectivity index (χ3v) is 3.69. The topological polar surface area (TPSA) is 78.6 Å². The van der Waals surface area contributed by atoms with Crippen molar-refractivity contribution in [3.8, 4) is 0 Å². The molecule has 0 heterocycles. The van der Waals surface area contributed by atoms with Gasteiger partial charge in [-0.05, 0) is 18.8 Å². The second-order valence-corrected chi connectivity index (χ2v) is 4.31. The Morgan fingerprint density at radius 3 is 2.53 bits per heavy atom. The van der Waals surface area contributed by atoms with Gasteiger partial charge in [0.15, 0.2) is 0 Å². The first-order chi connectivity index (χ1) is 7.06. The van der Waals surface area contributed by atoms with E-state index in [9.17, 15) is 9.59 Å². The zero-order valence-corrected chi connectivity index (χ0v) is 8.86. The lowest BCUT2D eigenvalue weighted by Gasteiger charge is -2.23. The van der Waals surface area contributed by atoms with Gasteiger partial charge in [0.1, 0.15) is 5.54 Å². The van der Waals surface area contributed by atoms with E-state index < -0.39 is 11.5 Å². The van der Waals surface area contributed by atoms with E-state index in [-0.39, 0.29) is 23.7 Å². The predicted octanol–water partition coefficient (Wildman–Crippen LogP) is -0.314. The molecule has 2 fully saturated rings. The average molecular weight is 213 g/mol. The van der Waals surface area contributed by atoms with Crippen molar-refractivity contribution in [1.82, 2.24) is 0 Å². The Balaban J connectivity index is 2.13. The number of fused-ring (bicyclic) bond motifs is 1. The predicted molar refractivity (Wildman–Crippen MR) is 50.7 cm³/mol. The highest BCUT2D eigenvalue weighted by molar-refractivity contribution is 5.86. The molecule has 0 spiro atoms. The number of rotatable bonds is 2. The second-order valence-electron chi connectivity index (χ2n) is 4.31. The molecule has 2 saturated carbocycles. The SMILES string of the molecule is COC(=O)[C@H]1[C@@H]2CC[C@@](N)(C(=O)OC)[C@@H]21. The molecule has 0 unspecified atom stereocenters. The summed E-state index contributed by atoms with van der Waals surface area (Å²) in [4.78, 5) is 22.9. The van der Waals surface area contributed by atoms with Crippen LogP contribution < -0.4 is 5.73 Å². The second kappa shape index (κ2) is 3.20. The average Bonchev–Trinajstić information content (AvgIpc) is 2.89. The van der Waals surface area contributed by atoms with Gasteiger partial charge in [-0.2, -0.15) is 0 Å². The first kappa shape index (κ1) is 10.4. The highest BCUT2D eigenvalue weighted by atomic mass is 16.5. The Bertz CT molecular complexity index is 317. The van der Waals surface area contributed by atoms with Crippen molar-refractivity contribution < 1.29 is 19.1 Å². The van der Waals surface area contributed by atoms with Crippen LogP contribution in [-0.2, 0) is 19.1 Å². The molecule has 0 aromatic rings. The molecule has 15 heavy (non-hydrogen) atoms. The number of ether oxygens (including phenoxy) is 2. The number of hydrogen-bond donors (Lipinski definition) is 1. The molecule has 0 bridgehead atoms. The maximum Gasteiger partial charge on any atom is 0.326 e. The molecular weight excluding hydrogens is 198 g/mol. The molecule has 5 nitrogen and oxygen atoms in total. The number of nitrogens with two attached hydrogens (primary N) is 1. The van der Waals surface area contributed by atoms with E-state index >= 15 is 0 Å². The van der Waals surface area contributed by atoms with E-state index in [2.05, 4.69) is 9.47 Å². The standard InChI is InChI=1S/C10H15NO4/c1-14-8(12)6-5-3-4-10(11,7(5)6)9(13)15-2/h5-7H,3-4,11H2,1-2H3/t5-,6-,7-,10-/m0/s1. The number of esters is 2. The molecule has 0 radical (unpaired) electrons. The van der Waals surface area contributed by atoms with Crippen molar-refractivity contribution in [2.75, 3.05) is 14.2 Å². The summed E-state index contributed by atoms with van der Waals surface area (Å²) >= 11 is 0. The first-order valence-electron chi connectivity index (χ1n) is 5.01. The van der Waals surface area contributed by atoms with Gasteiger partial charge in [0.25, 0.3) is 0 Å². The van der Waals surface area contributed by atoms with Crippen LogP contribution >= 0.6 is 0 Å². The van der Waals surface area contributed by atoms with Crippen molar-refractivity contribution >= 4 is 11.9 Å². The van der Waals surface area contributed by atoms with Crippen LogP contribution in [0.25, 0.3) is 0 Å². The summed E-state index contributed by atoms with van der Waals surface area (Å²) < 4.78 is 9.35. The molecule has 0 saturated heterocycles. The summed E-state index contributed by atoms with van der Waals surface area (Å²) in [5.41, 5.74) is 5.02. The van der Waals surface area contributed by atoms with Crippen molar-refractivity contribution in [3.63, 3.8) is 0 Å². The molecule has 0 amide bonds. The molecule has 4 atom stereocenters. The lowest BCUT2D eigenvalue weighted by molar-refractivity contribution is -0.149. The van der Waals surface area contributed by atoms with E-state index in [4.69, 9.17) is 5.73 Å². The Morgan fingerprint density at radius 2 is 2.00 bits per heavy atom. The minimum Gasteiger partial charge on any atom is -0.469 e. The maximum absolute atomic E-state index is 11.5. The van der Waals surface area contributed by atoms with Gasteiger partial charge in [-0.1, -0.05) is 0 Å². The fourth-order valence-electron chi connectivity index (χ4n) is 2.89. The molecule has 84 valence electrons. The monoisotopic (exact) mass is 213 g/mol. The molecule has 0 aromatic carbocycles. The van der Waals surface area contributed by atoms with Crippen LogP contribution in [-0.4, -0.2) is 31.7 Å². The van der Waals surface area contributed by atoms with E-state index in [0.29, 0.717) is 6.42 Å². The molecule has 2 aliphatic carbocycles. The minimum absolute atomic E-state index is 0.0857. The van der Waals surface area contributed by atoms with E-state index in [0.717, 1.165) is 6.42 Å². The third-order valence-electron chi connectivity index (χ3n) is 3.69. The minimum atomic E-state index is -0.974. The molecular formula is C10H15NO4. The molecule has 5 heteroatoms. The van der Waals surface area contributed by atoms with Gasteiger partial charge in [0.05, 0.1) is 20.1 Å². The third kappa shape index (κ3) is 1.26. The van der Waals surface area contributed by atoms with E-state index in [1.165, 1.54) is 14.2 Å². The summed E-state index contributed by atoms with van der Waals surface area (Å²) in [5, 5.41) is 0. The zero-order chi connectivity index (χ0) is 11.2. The van der Waals surface area contributed by atoms with Crippen LogP contribution in [0.5, 0.6) is 0 Å². The summed E-state index contributed by atoms with van der Waals surface area (Å²) in [7, 11) is 2.67. The Labute approximate surface area is 87.9 Å². The summed E-state index contributed by atoms with van der Waals surface area (Å²) in [6.45, 7) is 0. The number of methoxy groups -OCH3 is 2. The van der Waals surface area contributed by atoms with Crippen LogP contribution in [0.1, 0.15) is 12.8 Å². The van der Waals surface area contributed by atoms with Gasteiger partial charge in [0, 0.05) is 5.92 Å². The molecule has 0 aliphatic heterocycles. The van der Waals surface area contributed by atoms with Crippen LogP contribution in [0.2, 0.25) is 0 Å². The van der Waals surface area contributed by atoms with Crippen LogP contribution in [0.15, 0.2) is 0 Å². The van der Waals surface area contributed by atoms with Gasteiger partial charge in [0.2, 0.25) is 0 Å². The van der Waals surface area contributed by atoms with Crippen LogP contribution in [0.3, 0.4) is 0 Å². The molecule has 2 rings (SSSR count). The summed E-state index contributed by atoms with van der Waals surface area (Å²) in [6, 6.07) is 0. The fourth-order valence-corrected chi connectivity index (χ4v) is 2.89. The van der Waals surface area contributed by atoms with Gasteiger partial charge < -0.3 is 15.2 Å². The smallest absolute Gasteiger partial charge is 0.326 e. The Hall–Kier alpha value is -1.10. The zero-order valence-electron chi connectivity index (χ0n) is 8.86. The molecule has 2 N–H and O–H groups in total. The van der Waals surface area contributed by atoms with E-state index in [1.54, 1.807) is 0 Å². The Kier molecular flexibility index (Phi) is 2.22. The largest absolute Gasteiger partial charge is 0.469 e. The number of carbonyl (C=O) groups is 2. The van der Waals surface area contributed by atoms with E-state index in [1.807, 2.05) is 0 Å². The first-order valence-corrected chi connectivity index (χ1v) is 5.01. The van der Waals surface area contributed by atoms with Crippen molar-refractivity contribution in [3.05, 3.63) is 0 Å². The number of hydrogen-bond acceptors (Lipinski definition) is 5. The lowest BCUT2D eigenvalue weighted by atomic mass is 9.92. The van der Waals surface area contributed by atoms with Crippen LogP contribution in [0.4, 0.5) is 0 Å². The van der Waals surface area contributed by atoms with Crippen molar-refractivity contribution in [2.45, 2.75) is 18.4 Å². The fraction of sp³-hybridized carbons (Fsp3) is 0.800. The quantitative estimate of drug-likeness (QED) is 0.636. The summed E-state index contributed by atoms with van der Waals surface area (Å²) in [6.07, 6.45) is 1.40. The Morgan fingerprint density at radius 1 is 1.33 bits per heavy atom. The van der Waals surface area contributed by atoms with Crippen molar-refractivity contribution in [1.29, 1.82) is 0 Å². The summed E-state index contributed by atoms with van der Waals surface area (Å²) in [5.74, 6) is -0.753. The normalized spacial score (nSPS) is 41.9. The lowest BCUT2D eigenvalue weighted by Crippen LogP contribution is -2.50. The highest BCUT2D eigenvalue weighted by Gasteiger charge is 2.70. The number of carbonyl (C=O) groups excluding carboxylic acids is 2. The maximum atomic E-state index is 11.5. The van der Waals surface area contributed by atoms with Crippen LogP contribution in [0, 0.1) is 17.8 Å². The highest BCUT2D eigenvalue weighted by Crippen LogP contribution is 2.61.